The van der Waals surface area contributed by atoms with Crippen molar-refractivity contribution in [1.82, 2.24) is 0 Å². The van der Waals surface area contributed by atoms with Crippen LogP contribution in [0.5, 0.6) is 5.75 Å². The van der Waals surface area contributed by atoms with Crippen LogP contribution in [0.3, 0.4) is 0 Å². The molecule has 2 rings (SSSR count). The molecule has 1 aromatic carbocycles. The van der Waals surface area contributed by atoms with Crippen molar-refractivity contribution in [3.05, 3.63) is 45.6 Å². The number of methoxy groups -OCH3 is 1. The van der Waals surface area contributed by atoms with Crippen molar-refractivity contribution in [3.8, 4) is 5.75 Å². The number of hydrogen-bond donors (Lipinski definition) is 1. The lowest BCUT2D eigenvalue weighted by Gasteiger charge is -2.09. The van der Waals surface area contributed by atoms with Gasteiger partial charge in [-0.15, -0.1) is 11.3 Å². The van der Waals surface area contributed by atoms with Gasteiger partial charge in [0.05, 0.1) is 7.11 Å². The summed E-state index contributed by atoms with van der Waals surface area (Å²) >= 11 is 1.64. The summed E-state index contributed by atoms with van der Waals surface area (Å²) in [5.74, 6) is 0.927. The second-order valence-corrected chi connectivity index (χ2v) is 4.59. The first kappa shape index (κ1) is 11.0. The number of anilines is 1. The Balaban J connectivity index is 2.33. The molecule has 1 aromatic heterocycles. The Labute approximate surface area is 99.7 Å². The van der Waals surface area contributed by atoms with Crippen molar-refractivity contribution in [1.29, 1.82) is 0 Å². The zero-order chi connectivity index (χ0) is 11.5. The third-order valence-electron chi connectivity index (χ3n) is 2.59. The van der Waals surface area contributed by atoms with Gasteiger partial charge in [0.25, 0.3) is 0 Å². The Hall–Kier alpha value is -1.48. The van der Waals surface area contributed by atoms with Crippen LogP contribution in [0.15, 0.2) is 29.0 Å². The Morgan fingerprint density at radius 3 is 2.69 bits per heavy atom. The first-order valence-corrected chi connectivity index (χ1v) is 6.09. The van der Waals surface area contributed by atoms with Gasteiger partial charge < -0.3 is 10.5 Å². The Kier molecular flexibility index (Phi) is 3.15. The summed E-state index contributed by atoms with van der Waals surface area (Å²) in [6.45, 7) is 2.08. The molecule has 0 atom stereocenters. The molecule has 0 amide bonds. The average Bonchev–Trinajstić information content (AvgIpc) is 2.65. The van der Waals surface area contributed by atoms with Crippen molar-refractivity contribution in [2.75, 3.05) is 12.8 Å². The summed E-state index contributed by atoms with van der Waals surface area (Å²) in [5, 5.41) is 4.06. The van der Waals surface area contributed by atoms with E-state index < -0.39 is 0 Å². The van der Waals surface area contributed by atoms with Crippen molar-refractivity contribution in [2.45, 2.75) is 13.3 Å². The number of benzene rings is 1. The Morgan fingerprint density at radius 2 is 2.06 bits per heavy atom. The fourth-order valence-corrected chi connectivity index (χ4v) is 2.48. The van der Waals surface area contributed by atoms with Gasteiger partial charge in [-0.05, 0) is 29.5 Å². The van der Waals surface area contributed by atoms with E-state index in [9.17, 15) is 0 Å². The van der Waals surface area contributed by atoms with E-state index in [4.69, 9.17) is 10.5 Å². The van der Waals surface area contributed by atoms with Crippen LogP contribution in [0.25, 0.3) is 0 Å². The van der Waals surface area contributed by atoms with Gasteiger partial charge >= 0.3 is 0 Å². The van der Waals surface area contributed by atoms with Gasteiger partial charge in [-0.3, -0.25) is 0 Å². The molecular weight excluding hydrogens is 218 g/mol. The highest BCUT2D eigenvalue weighted by atomic mass is 32.1. The molecule has 0 spiro atoms. The lowest BCUT2D eigenvalue weighted by Crippen LogP contribution is -1.96. The minimum absolute atomic E-state index is 0.834. The quantitative estimate of drug-likeness (QED) is 0.883. The minimum atomic E-state index is 0.834. The number of aryl methyl sites for hydroxylation is 1. The van der Waals surface area contributed by atoms with Gasteiger partial charge in [0, 0.05) is 17.5 Å². The van der Waals surface area contributed by atoms with E-state index >= 15 is 0 Å². The summed E-state index contributed by atoms with van der Waals surface area (Å²) in [7, 11) is 1.70. The molecule has 84 valence electrons. The topological polar surface area (TPSA) is 35.2 Å². The van der Waals surface area contributed by atoms with Gasteiger partial charge in [-0.2, -0.15) is 0 Å². The number of nitrogen functional groups attached to an aromatic ring is 1. The molecule has 0 saturated carbocycles. The van der Waals surface area contributed by atoms with Crippen LogP contribution in [0.2, 0.25) is 0 Å². The number of hydrogen-bond acceptors (Lipinski definition) is 3. The summed E-state index contributed by atoms with van der Waals surface area (Å²) < 4.78 is 5.35. The molecule has 0 unspecified atom stereocenters. The lowest BCUT2D eigenvalue weighted by atomic mass is 10.0. The molecule has 0 fully saturated rings. The summed E-state index contributed by atoms with van der Waals surface area (Å²) in [6.07, 6.45) is 0.834. The summed E-state index contributed by atoms with van der Waals surface area (Å²) in [4.78, 5) is 0. The van der Waals surface area contributed by atoms with Crippen molar-refractivity contribution < 1.29 is 4.74 Å². The molecule has 16 heavy (non-hydrogen) atoms. The number of ether oxygens (including phenoxy) is 1. The van der Waals surface area contributed by atoms with E-state index in [1.807, 2.05) is 11.4 Å². The first-order valence-electron chi connectivity index (χ1n) is 5.14. The van der Waals surface area contributed by atoms with Gasteiger partial charge in [0.15, 0.2) is 0 Å². The third-order valence-corrected chi connectivity index (χ3v) is 3.40. The third kappa shape index (κ3) is 2.19. The minimum Gasteiger partial charge on any atom is -0.496 e. The van der Waals surface area contributed by atoms with Crippen LogP contribution in [0.4, 0.5) is 5.69 Å². The molecule has 2 nitrogen and oxygen atoms in total. The van der Waals surface area contributed by atoms with Crippen LogP contribution < -0.4 is 10.5 Å². The maximum atomic E-state index is 5.89. The Bertz CT molecular complexity index is 490. The average molecular weight is 233 g/mol. The molecule has 0 radical (unpaired) electrons. The van der Waals surface area contributed by atoms with E-state index in [1.165, 1.54) is 16.7 Å². The van der Waals surface area contributed by atoms with Crippen LogP contribution in [0, 0.1) is 6.92 Å². The maximum Gasteiger partial charge on any atom is 0.122 e. The standard InChI is InChI=1S/C13H15NOS/c1-9-3-4-13(15-2)10(5-9)6-11-7-16-8-12(11)14/h3-5,7-8H,6,14H2,1-2H3. The fourth-order valence-electron chi connectivity index (χ4n) is 1.73. The van der Waals surface area contributed by atoms with Crippen LogP contribution in [-0.4, -0.2) is 7.11 Å². The first-order chi connectivity index (χ1) is 7.70. The molecular formula is C13H15NOS. The van der Waals surface area contributed by atoms with Gasteiger partial charge in [0.1, 0.15) is 5.75 Å². The fraction of sp³-hybridized carbons (Fsp3) is 0.231. The van der Waals surface area contributed by atoms with Crippen molar-refractivity contribution in [2.24, 2.45) is 0 Å². The predicted molar refractivity (Wildman–Crippen MR) is 69.3 cm³/mol. The SMILES string of the molecule is COc1ccc(C)cc1Cc1cscc1N. The highest BCUT2D eigenvalue weighted by molar-refractivity contribution is 7.08. The molecule has 1 heterocycles. The smallest absolute Gasteiger partial charge is 0.122 e. The van der Waals surface area contributed by atoms with Crippen LogP contribution >= 0.6 is 11.3 Å². The predicted octanol–water partition coefficient (Wildman–Crippen LogP) is 3.24. The number of rotatable bonds is 3. The second kappa shape index (κ2) is 4.58. The van der Waals surface area contributed by atoms with Gasteiger partial charge in [0.2, 0.25) is 0 Å². The molecule has 2 N–H and O–H groups in total. The number of nitrogens with two attached hydrogens (primary N) is 1. The summed E-state index contributed by atoms with van der Waals surface area (Å²) in [6, 6.07) is 6.21. The van der Waals surface area contributed by atoms with E-state index in [2.05, 4.69) is 24.4 Å². The van der Waals surface area contributed by atoms with Gasteiger partial charge in [-0.1, -0.05) is 17.7 Å². The van der Waals surface area contributed by atoms with Crippen molar-refractivity contribution in [3.63, 3.8) is 0 Å². The highest BCUT2D eigenvalue weighted by Crippen LogP contribution is 2.26. The lowest BCUT2D eigenvalue weighted by molar-refractivity contribution is 0.410. The van der Waals surface area contributed by atoms with Gasteiger partial charge in [-0.25, -0.2) is 0 Å². The van der Waals surface area contributed by atoms with Crippen LogP contribution in [0.1, 0.15) is 16.7 Å². The van der Waals surface area contributed by atoms with E-state index in [0.717, 1.165) is 17.9 Å². The highest BCUT2D eigenvalue weighted by Gasteiger charge is 2.07. The normalized spacial score (nSPS) is 10.4. The van der Waals surface area contributed by atoms with E-state index in [1.54, 1.807) is 18.4 Å². The Morgan fingerprint density at radius 1 is 1.25 bits per heavy atom. The van der Waals surface area contributed by atoms with Crippen LogP contribution in [-0.2, 0) is 6.42 Å². The molecule has 2 aromatic rings. The molecule has 0 saturated heterocycles. The largest absolute Gasteiger partial charge is 0.496 e. The summed E-state index contributed by atoms with van der Waals surface area (Å²) in [5.41, 5.74) is 10.4. The molecule has 3 heteroatoms. The molecule has 0 aliphatic carbocycles. The zero-order valence-corrected chi connectivity index (χ0v) is 10.3. The number of thiophene rings is 1. The molecule has 0 aliphatic heterocycles. The zero-order valence-electron chi connectivity index (χ0n) is 9.49. The van der Waals surface area contributed by atoms with E-state index in [-0.39, 0.29) is 0 Å². The maximum absolute atomic E-state index is 5.89. The molecule has 0 bridgehead atoms. The monoisotopic (exact) mass is 233 g/mol. The molecule has 0 aliphatic rings. The van der Waals surface area contributed by atoms with Crippen molar-refractivity contribution >= 4 is 17.0 Å². The van der Waals surface area contributed by atoms with E-state index in [0.29, 0.717) is 0 Å². The second-order valence-electron chi connectivity index (χ2n) is 3.84.